The van der Waals surface area contributed by atoms with Gasteiger partial charge in [-0.3, -0.25) is 0 Å². The van der Waals surface area contributed by atoms with Gasteiger partial charge in [-0.15, -0.1) is 0 Å². The van der Waals surface area contributed by atoms with Crippen molar-refractivity contribution in [3.05, 3.63) is 26.1 Å². The van der Waals surface area contributed by atoms with E-state index in [0.29, 0.717) is 5.75 Å². The molecule has 0 aliphatic rings. The van der Waals surface area contributed by atoms with Crippen LogP contribution in [0, 0.1) is 0 Å². The average molecular weight is 336 g/mol. The zero-order chi connectivity index (χ0) is 11.8. The van der Waals surface area contributed by atoms with Gasteiger partial charge in [0, 0.05) is 10.0 Å². The lowest BCUT2D eigenvalue weighted by Crippen LogP contribution is -2.12. The lowest BCUT2D eigenvalue weighted by Gasteiger charge is -2.23. The van der Waals surface area contributed by atoms with E-state index in [1.807, 2.05) is 6.07 Å². The van der Waals surface area contributed by atoms with E-state index in [2.05, 4.69) is 59.6 Å². The van der Waals surface area contributed by atoms with Gasteiger partial charge in [-0.05, 0) is 39.4 Å². The van der Waals surface area contributed by atoms with Crippen LogP contribution in [-0.2, 0) is 11.8 Å². The first-order chi connectivity index (χ1) is 6.79. The molecule has 15 heavy (non-hydrogen) atoms. The quantitative estimate of drug-likeness (QED) is 0.783. The van der Waals surface area contributed by atoms with Crippen LogP contribution in [-0.4, -0.2) is 5.11 Å². The van der Waals surface area contributed by atoms with Crippen molar-refractivity contribution < 1.29 is 5.11 Å². The van der Waals surface area contributed by atoms with E-state index in [-0.39, 0.29) is 5.41 Å². The van der Waals surface area contributed by atoms with E-state index in [0.717, 1.165) is 26.5 Å². The molecule has 0 aliphatic carbocycles. The van der Waals surface area contributed by atoms with Crippen LogP contribution in [0.4, 0.5) is 0 Å². The van der Waals surface area contributed by atoms with Gasteiger partial charge < -0.3 is 5.11 Å². The molecule has 0 fully saturated rings. The molecule has 0 atom stereocenters. The third kappa shape index (κ3) is 2.56. The standard InChI is InChI=1S/C12H16Br2O/c1-5-7-9(13)6-8(12(2,3)4)11(15)10(7)14/h6,15H,5H2,1-4H3. The molecule has 0 bridgehead atoms. The zero-order valence-electron chi connectivity index (χ0n) is 9.49. The van der Waals surface area contributed by atoms with E-state index in [1.54, 1.807) is 0 Å². The molecule has 0 amide bonds. The molecule has 84 valence electrons. The largest absolute Gasteiger partial charge is 0.506 e. The summed E-state index contributed by atoms with van der Waals surface area (Å²) in [5, 5.41) is 10.1. The molecule has 0 aliphatic heterocycles. The summed E-state index contributed by atoms with van der Waals surface area (Å²) < 4.78 is 1.86. The lowest BCUT2D eigenvalue weighted by atomic mass is 9.85. The molecule has 1 nitrogen and oxygen atoms in total. The summed E-state index contributed by atoms with van der Waals surface area (Å²) >= 11 is 7.00. The highest BCUT2D eigenvalue weighted by Gasteiger charge is 2.22. The highest BCUT2D eigenvalue weighted by molar-refractivity contribution is 9.11. The molecule has 3 heteroatoms. The summed E-state index contributed by atoms with van der Waals surface area (Å²) in [5.74, 6) is 0.363. The number of hydrogen-bond acceptors (Lipinski definition) is 1. The molecule has 1 rings (SSSR count). The topological polar surface area (TPSA) is 20.2 Å². The summed E-state index contributed by atoms with van der Waals surface area (Å²) in [7, 11) is 0. The fourth-order valence-corrected chi connectivity index (χ4v) is 3.23. The number of phenolic OH excluding ortho intramolecular Hbond substituents is 1. The average Bonchev–Trinajstić information content (AvgIpc) is 2.10. The highest BCUT2D eigenvalue weighted by Crippen LogP contribution is 2.41. The summed E-state index contributed by atoms with van der Waals surface area (Å²) in [5.41, 5.74) is 2.01. The number of benzene rings is 1. The smallest absolute Gasteiger partial charge is 0.133 e. The Bertz CT molecular complexity index is 378. The number of hydrogen-bond donors (Lipinski definition) is 1. The van der Waals surface area contributed by atoms with Gasteiger partial charge in [0.15, 0.2) is 0 Å². The van der Waals surface area contributed by atoms with Gasteiger partial charge in [0.1, 0.15) is 5.75 Å². The first-order valence-electron chi connectivity index (χ1n) is 4.99. The maximum absolute atomic E-state index is 10.1. The van der Waals surface area contributed by atoms with Crippen LogP contribution in [0.5, 0.6) is 5.75 Å². The van der Waals surface area contributed by atoms with Gasteiger partial charge in [0.2, 0.25) is 0 Å². The molecular weight excluding hydrogens is 320 g/mol. The van der Waals surface area contributed by atoms with Crippen molar-refractivity contribution in [1.82, 2.24) is 0 Å². The van der Waals surface area contributed by atoms with Crippen molar-refractivity contribution >= 4 is 31.9 Å². The lowest BCUT2D eigenvalue weighted by molar-refractivity contribution is 0.442. The molecule has 1 aromatic rings. The molecule has 0 aromatic heterocycles. The van der Waals surface area contributed by atoms with E-state index < -0.39 is 0 Å². The van der Waals surface area contributed by atoms with Crippen LogP contribution in [0.15, 0.2) is 15.0 Å². The SMILES string of the molecule is CCc1c(Br)cc(C(C)(C)C)c(O)c1Br. The molecule has 0 heterocycles. The first-order valence-corrected chi connectivity index (χ1v) is 6.58. The predicted octanol–water partition coefficient (Wildman–Crippen LogP) is 4.78. The minimum absolute atomic E-state index is 0.0542. The normalized spacial score (nSPS) is 11.9. The molecular formula is C12H16Br2O. The fourth-order valence-electron chi connectivity index (χ4n) is 1.54. The summed E-state index contributed by atoms with van der Waals surface area (Å²) in [6.07, 6.45) is 0.888. The first kappa shape index (κ1) is 13.0. The van der Waals surface area contributed by atoms with Gasteiger partial charge >= 0.3 is 0 Å². The minimum Gasteiger partial charge on any atom is -0.506 e. The van der Waals surface area contributed by atoms with Crippen molar-refractivity contribution in [3.63, 3.8) is 0 Å². The maximum atomic E-state index is 10.1. The highest BCUT2D eigenvalue weighted by atomic mass is 79.9. The second-order valence-corrected chi connectivity index (χ2v) is 6.30. The van der Waals surface area contributed by atoms with Crippen LogP contribution in [0.25, 0.3) is 0 Å². The molecule has 0 saturated carbocycles. The fraction of sp³-hybridized carbons (Fsp3) is 0.500. The molecule has 0 spiro atoms. The van der Waals surface area contributed by atoms with Crippen molar-refractivity contribution in [2.45, 2.75) is 39.5 Å². The van der Waals surface area contributed by atoms with Crippen LogP contribution < -0.4 is 0 Å². The Kier molecular flexibility index (Phi) is 3.88. The van der Waals surface area contributed by atoms with Crippen LogP contribution in [0.2, 0.25) is 0 Å². The zero-order valence-corrected chi connectivity index (χ0v) is 12.7. The van der Waals surface area contributed by atoms with Crippen LogP contribution >= 0.6 is 31.9 Å². The minimum atomic E-state index is -0.0542. The third-order valence-electron chi connectivity index (χ3n) is 2.45. The van der Waals surface area contributed by atoms with Gasteiger partial charge in [0.25, 0.3) is 0 Å². The second-order valence-electron chi connectivity index (χ2n) is 4.65. The Hall–Kier alpha value is -0.0200. The van der Waals surface area contributed by atoms with E-state index >= 15 is 0 Å². The Labute approximate surface area is 108 Å². The molecule has 0 radical (unpaired) electrons. The van der Waals surface area contributed by atoms with Crippen molar-refractivity contribution in [3.8, 4) is 5.75 Å². The van der Waals surface area contributed by atoms with Crippen molar-refractivity contribution in [1.29, 1.82) is 0 Å². The molecule has 1 aromatic carbocycles. The number of phenols is 1. The Morgan fingerprint density at radius 1 is 1.27 bits per heavy atom. The van der Waals surface area contributed by atoms with Crippen molar-refractivity contribution in [2.75, 3.05) is 0 Å². The van der Waals surface area contributed by atoms with Crippen LogP contribution in [0.3, 0.4) is 0 Å². The van der Waals surface area contributed by atoms with Gasteiger partial charge in [-0.2, -0.15) is 0 Å². The van der Waals surface area contributed by atoms with E-state index in [4.69, 9.17) is 0 Å². The Balaban J connectivity index is 3.48. The van der Waals surface area contributed by atoms with E-state index in [1.165, 1.54) is 0 Å². The number of halogens is 2. The molecule has 0 unspecified atom stereocenters. The van der Waals surface area contributed by atoms with Gasteiger partial charge in [-0.1, -0.05) is 43.6 Å². The van der Waals surface area contributed by atoms with Crippen LogP contribution in [0.1, 0.15) is 38.8 Å². The van der Waals surface area contributed by atoms with E-state index in [9.17, 15) is 5.11 Å². The summed E-state index contributed by atoms with van der Waals surface area (Å²) in [6.45, 7) is 8.34. The Morgan fingerprint density at radius 2 is 1.80 bits per heavy atom. The van der Waals surface area contributed by atoms with Crippen molar-refractivity contribution in [2.24, 2.45) is 0 Å². The molecule has 1 N–H and O–H groups in total. The number of rotatable bonds is 1. The second kappa shape index (κ2) is 4.46. The summed E-state index contributed by atoms with van der Waals surface area (Å²) in [6, 6.07) is 2.01. The number of aromatic hydroxyl groups is 1. The monoisotopic (exact) mass is 334 g/mol. The Morgan fingerprint density at radius 3 is 2.20 bits per heavy atom. The maximum Gasteiger partial charge on any atom is 0.133 e. The molecule has 0 saturated heterocycles. The summed E-state index contributed by atoms with van der Waals surface area (Å²) in [4.78, 5) is 0. The van der Waals surface area contributed by atoms with Gasteiger partial charge in [-0.25, -0.2) is 0 Å². The predicted molar refractivity (Wildman–Crippen MR) is 71.6 cm³/mol. The van der Waals surface area contributed by atoms with Gasteiger partial charge in [0.05, 0.1) is 4.47 Å². The third-order valence-corrected chi connectivity index (χ3v) is 4.01.